The number of carbonyl (C=O) groups is 1. The van der Waals surface area contributed by atoms with Crippen LogP contribution in [0.3, 0.4) is 0 Å². The van der Waals surface area contributed by atoms with Crippen LogP contribution in [0.15, 0.2) is 18.2 Å². The predicted octanol–water partition coefficient (Wildman–Crippen LogP) is 2.75. The standard InChI is InChI=1S/C14H14N2O4/c1-10-11(3-2-4-12(10)16(18)19)13(17)20-9-14(5-6-14)7-8-15/h2-4H,5-7,9H2,1H3. The smallest absolute Gasteiger partial charge is 0.338 e. The summed E-state index contributed by atoms with van der Waals surface area (Å²) in [4.78, 5) is 22.3. The predicted molar refractivity (Wildman–Crippen MR) is 70.0 cm³/mol. The zero-order valence-electron chi connectivity index (χ0n) is 11.1. The van der Waals surface area contributed by atoms with Gasteiger partial charge in [0.15, 0.2) is 0 Å². The molecule has 0 aromatic heterocycles. The van der Waals surface area contributed by atoms with Gasteiger partial charge in [0.1, 0.15) is 0 Å². The van der Waals surface area contributed by atoms with E-state index in [4.69, 9.17) is 10.00 Å². The normalized spacial score (nSPS) is 15.2. The molecular formula is C14H14N2O4. The molecule has 1 aliphatic rings. The molecule has 1 fully saturated rings. The van der Waals surface area contributed by atoms with Gasteiger partial charge < -0.3 is 4.74 Å². The van der Waals surface area contributed by atoms with Gasteiger partial charge in [0, 0.05) is 23.5 Å². The molecule has 2 rings (SSSR count). The number of nitrogens with zero attached hydrogens (tertiary/aromatic N) is 2. The average Bonchev–Trinajstić information content (AvgIpc) is 3.17. The topological polar surface area (TPSA) is 93.2 Å². The minimum absolute atomic E-state index is 0.0994. The summed E-state index contributed by atoms with van der Waals surface area (Å²) in [5.41, 5.74) is 0.205. The minimum Gasteiger partial charge on any atom is -0.461 e. The Labute approximate surface area is 116 Å². The van der Waals surface area contributed by atoms with E-state index in [0.717, 1.165) is 12.8 Å². The summed E-state index contributed by atoms with van der Waals surface area (Å²) in [6.45, 7) is 1.72. The average molecular weight is 274 g/mol. The van der Waals surface area contributed by atoms with Crippen molar-refractivity contribution in [3.8, 4) is 6.07 Å². The van der Waals surface area contributed by atoms with Crippen molar-refractivity contribution in [3.05, 3.63) is 39.4 Å². The molecule has 0 N–H and O–H groups in total. The number of esters is 1. The molecule has 0 spiro atoms. The van der Waals surface area contributed by atoms with Gasteiger partial charge in [-0.1, -0.05) is 6.07 Å². The van der Waals surface area contributed by atoms with E-state index in [1.54, 1.807) is 0 Å². The number of benzene rings is 1. The summed E-state index contributed by atoms with van der Waals surface area (Å²) < 4.78 is 5.21. The number of nitriles is 1. The Bertz CT molecular complexity index is 600. The third-order valence-electron chi connectivity index (χ3n) is 3.64. The molecule has 6 heteroatoms. The zero-order chi connectivity index (χ0) is 14.8. The van der Waals surface area contributed by atoms with E-state index < -0.39 is 10.9 Å². The number of carbonyl (C=O) groups excluding carboxylic acids is 1. The van der Waals surface area contributed by atoms with Crippen LogP contribution in [-0.2, 0) is 4.74 Å². The highest BCUT2D eigenvalue weighted by Gasteiger charge is 2.43. The van der Waals surface area contributed by atoms with Crippen LogP contribution in [-0.4, -0.2) is 17.5 Å². The first kappa shape index (κ1) is 14.0. The van der Waals surface area contributed by atoms with Crippen LogP contribution in [0.2, 0.25) is 0 Å². The molecular weight excluding hydrogens is 260 g/mol. The quantitative estimate of drug-likeness (QED) is 0.467. The van der Waals surface area contributed by atoms with Crippen molar-refractivity contribution in [1.29, 1.82) is 5.26 Å². The lowest BCUT2D eigenvalue weighted by molar-refractivity contribution is -0.385. The Hall–Kier alpha value is -2.42. The Morgan fingerprint density at radius 2 is 2.25 bits per heavy atom. The lowest BCUT2D eigenvalue weighted by Crippen LogP contribution is -2.16. The Morgan fingerprint density at radius 1 is 1.55 bits per heavy atom. The van der Waals surface area contributed by atoms with Crippen molar-refractivity contribution in [2.75, 3.05) is 6.61 Å². The van der Waals surface area contributed by atoms with Gasteiger partial charge in [-0.2, -0.15) is 5.26 Å². The third kappa shape index (κ3) is 2.77. The summed E-state index contributed by atoms with van der Waals surface area (Å²) >= 11 is 0. The Balaban J connectivity index is 2.09. The second-order valence-electron chi connectivity index (χ2n) is 5.12. The van der Waals surface area contributed by atoms with Crippen LogP contribution in [0.5, 0.6) is 0 Å². The second kappa shape index (κ2) is 5.29. The summed E-state index contributed by atoms with van der Waals surface area (Å²) in [5.74, 6) is -0.574. The van der Waals surface area contributed by atoms with Crippen molar-refractivity contribution in [2.45, 2.75) is 26.2 Å². The van der Waals surface area contributed by atoms with Crippen LogP contribution in [0.1, 0.15) is 35.2 Å². The highest BCUT2D eigenvalue weighted by Crippen LogP contribution is 2.48. The molecule has 1 aliphatic carbocycles. The molecule has 0 saturated heterocycles. The van der Waals surface area contributed by atoms with Gasteiger partial charge in [-0.25, -0.2) is 4.79 Å². The summed E-state index contributed by atoms with van der Waals surface area (Å²) in [7, 11) is 0. The van der Waals surface area contributed by atoms with Crippen LogP contribution >= 0.6 is 0 Å². The fourth-order valence-electron chi connectivity index (χ4n) is 2.06. The maximum atomic E-state index is 12.0. The number of ether oxygens (including phenoxy) is 1. The minimum atomic E-state index is -0.574. The molecule has 1 aromatic carbocycles. The Morgan fingerprint density at radius 3 is 2.80 bits per heavy atom. The first-order chi connectivity index (χ1) is 9.49. The number of nitro groups is 1. The molecule has 1 aromatic rings. The van der Waals surface area contributed by atoms with Crippen LogP contribution in [0.4, 0.5) is 5.69 Å². The lowest BCUT2D eigenvalue weighted by Gasteiger charge is -2.12. The molecule has 0 radical (unpaired) electrons. The van der Waals surface area contributed by atoms with Crippen molar-refractivity contribution in [1.82, 2.24) is 0 Å². The highest BCUT2D eigenvalue weighted by molar-refractivity contribution is 5.92. The number of hydrogen-bond acceptors (Lipinski definition) is 5. The monoisotopic (exact) mass is 274 g/mol. The van der Waals surface area contributed by atoms with Gasteiger partial charge in [-0.05, 0) is 25.8 Å². The van der Waals surface area contributed by atoms with Crippen molar-refractivity contribution in [2.24, 2.45) is 5.41 Å². The molecule has 0 amide bonds. The van der Waals surface area contributed by atoms with E-state index in [0.29, 0.717) is 12.0 Å². The van der Waals surface area contributed by atoms with Crippen molar-refractivity contribution in [3.63, 3.8) is 0 Å². The number of rotatable bonds is 5. The molecule has 0 heterocycles. The molecule has 0 aliphatic heterocycles. The first-order valence-corrected chi connectivity index (χ1v) is 6.27. The molecule has 6 nitrogen and oxygen atoms in total. The molecule has 0 unspecified atom stereocenters. The fourth-order valence-corrected chi connectivity index (χ4v) is 2.06. The van der Waals surface area contributed by atoms with E-state index in [2.05, 4.69) is 6.07 Å². The largest absolute Gasteiger partial charge is 0.461 e. The van der Waals surface area contributed by atoms with E-state index in [-0.39, 0.29) is 23.3 Å². The molecule has 104 valence electrons. The first-order valence-electron chi connectivity index (χ1n) is 6.27. The number of hydrogen-bond donors (Lipinski definition) is 0. The molecule has 0 bridgehead atoms. The maximum Gasteiger partial charge on any atom is 0.338 e. The molecule has 0 atom stereocenters. The van der Waals surface area contributed by atoms with Crippen LogP contribution in [0, 0.1) is 33.8 Å². The van der Waals surface area contributed by atoms with E-state index >= 15 is 0 Å². The summed E-state index contributed by atoms with van der Waals surface area (Å²) in [6, 6.07) is 6.41. The number of nitro benzene ring substituents is 1. The van der Waals surface area contributed by atoms with Crippen molar-refractivity contribution >= 4 is 11.7 Å². The summed E-state index contributed by atoms with van der Waals surface area (Å²) in [5, 5.41) is 19.5. The fraction of sp³-hybridized carbons (Fsp3) is 0.429. The van der Waals surface area contributed by atoms with E-state index in [9.17, 15) is 14.9 Å². The van der Waals surface area contributed by atoms with Gasteiger partial charge in [-0.15, -0.1) is 0 Å². The second-order valence-corrected chi connectivity index (χ2v) is 5.12. The Kier molecular flexibility index (Phi) is 3.70. The van der Waals surface area contributed by atoms with Gasteiger partial charge in [0.2, 0.25) is 0 Å². The molecule has 20 heavy (non-hydrogen) atoms. The van der Waals surface area contributed by atoms with Gasteiger partial charge in [-0.3, -0.25) is 10.1 Å². The van der Waals surface area contributed by atoms with Gasteiger partial charge >= 0.3 is 5.97 Å². The van der Waals surface area contributed by atoms with Gasteiger partial charge in [0.25, 0.3) is 5.69 Å². The van der Waals surface area contributed by atoms with E-state index in [1.165, 1.54) is 25.1 Å². The molecule has 1 saturated carbocycles. The summed E-state index contributed by atoms with van der Waals surface area (Å²) in [6.07, 6.45) is 2.12. The van der Waals surface area contributed by atoms with Crippen molar-refractivity contribution < 1.29 is 14.5 Å². The zero-order valence-corrected chi connectivity index (χ0v) is 11.1. The van der Waals surface area contributed by atoms with E-state index in [1.807, 2.05) is 0 Å². The SMILES string of the molecule is Cc1c(C(=O)OCC2(CC#N)CC2)cccc1[N+](=O)[O-]. The van der Waals surface area contributed by atoms with Crippen LogP contribution in [0.25, 0.3) is 0 Å². The lowest BCUT2D eigenvalue weighted by atomic mass is 10.0. The van der Waals surface area contributed by atoms with Crippen LogP contribution < -0.4 is 0 Å². The highest BCUT2D eigenvalue weighted by atomic mass is 16.6. The van der Waals surface area contributed by atoms with Gasteiger partial charge in [0.05, 0.1) is 23.2 Å². The third-order valence-corrected chi connectivity index (χ3v) is 3.64. The maximum absolute atomic E-state index is 12.0.